The van der Waals surface area contributed by atoms with Gasteiger partial charge >= 0.3 is 6.18 Å². The molecular formula is C19H22F3N3O. The number of halogens is 3. The molecule has 7 heteroatoms. The lowest BCUT2D eigenvalue weighted by Gasteiger charge is -2.33. The van der Waals surface area contributed by atoms with E-state index < -0.39 is 11.9 Å². The Morgan fingerprint density at radius 2 is 1.81 bits per heavy atom. The predicted octanol–water partition coefficient (Wildman–Crippen LogP) is 3.85. The number of hydrogen-bond donors (Lipinski definition) is 1. The van der Waals surface area contributed by atoms with Crippen LogP contribution in [0.25, 0.3) is 0 Å². The van der Waals surface area contributed by atoms with Crippen molar-refractivity contribution in [2.24, 2.45) is 11.7 Å². The molecule has 140 valence electrons. The van der Waals surface area contributed by atoms with Crippen molar-refractivity contribution >= 4 is 5.69 Å². The van der Waals surface area contributed by atoms with Crippen LogP contribution >= 0.6 is 0 Å². The molecule has 2 N–H and O–H groups in total. The fourth-order valence-corrected chi connectivity index (χ4v) is 3.10. The van der Waals surface area contributed by atoms with Crippen LogP contribution in [-0.2, 0) is 12.7 Å². The fraction of sp³-hybridized carbons (Fsp3) is 0.421. The highest BCUT2D eigenvalue weighted by atomic mass is 19.4. The monoisotopic (exact) mass is 365 g/mol. The molecule has 2 heterocycles. The summed E-state index contributed by atoms with van der Waals surface area (Å²) in [5.41, 5.74) is 6.08. The van der Waals surface area contributed by atoms with Gasteiger partial charge in [-0.2, -0.15) is 13.2 Å². The van der Waals surface area contributed by atoms with Crippen LogP contribution in [0, 0.1) is 5.92 Å². The maximum absolute atomic E-state index is 12.9. The number of anilines is 1. The summed E-state index contributed by atoms with van der Waals surface area (Å²) in [7, 11) is 0. The number of aromatic nitrogens is 1. The van der Waals surface area contributed by atoms with E-state index >= 15 is 0 Å². The van der Waals surface area contributed by atoms with Crippen LogP contribution < -0.4 is 15.4 Å². The minimum Gasteiger partial charge on any atom is -0.477 e. The van der Waals surface area contributed by atoms with Crippen LogP contribution in [-0.4, -0.2) is 24.7 Å². The third-order valence-corrected chi connectivity index (χ3v) is 4.59. The molecule has 1 aliphatic heterocycles. The van der Waals surface area contributed by atoms with Crippen molar-refractivity contribution in [2.75, 3.05) is 24.6 Å². The van der Waals surface area contributed by atoms with Crippen LogP contribution in [0.2, 0.25) is 0 Å². The number of pyridine rings is 1. The van der Waals surface area contributed by atoms with E-state index in [0.29, 0.717) is 18.1 Å². The number of nitrogens with zero attached hydrogens (tertiary/aromatic N) is 2. The average Bonchev–Trinajstić information content (AvgIpc) is 2.66. The first-order chi connectivity index (χ1) is 12.5. The highest BCUT2D eigenvalue weighted by Gasteiger charge is 2.33. The number of piperidine rings is 1. The van der Waals surface area contributed by atoms with Gasteiger partial charge in [-0.25, -0.2) is 4.98 Å². The van der Waals surface area contributed by atoms with E-state index in [4.69, 9.17) is 10.5 Å². The molecule has 4 nitrogen and oxygen atoms in total. The van der Waals surface area contributed by atoms with E-state index in [2.05, 4.69) is 22.0 Å². The molecule has 1 aliphatic rings. The van der Waals surface area contributed by atoms with Gasteiger partial charge < -0.3 is 15.4 Å². The van der Waals surface area contributed by atoms with Gasteiger partial charge in [-0.15, -0.1) is 0 Å². The minimum atomic E-state index is -4.51. The summed E-state index contributed by atoms with van der Waals surface area (Å²) < 4.78 is 44.3. The number of hydrogen-bond acceptors (Lipinski definition) is 4. The van der Waals surface area contributed by atoms with Crippen LogP contribution in [0.5, 0.6) is 5.88 Å². The summed E-state index contributed by atoms with van der Waals surface area (Å²) in [6.45, 7) is 2.18. The molecule has 0 atom stereocenters. The second-order valence-corrected chi connectivity index (χ2v) is 6.48. The number of rotatable bonds is 5. The van der Waals surface area contributed by atoms with Gasteiger partial charge in [0.25, 0.3) is 0 Å². The molecule has 0 saturated carbocycles. The maximum atomic E-state index is 12.9. The minimum absolute atomic E-state index is 0.00855. The molecule has 0 aliphatic carbocycles. The quantitative estimate of drug-likeness (QED) is 0.874. The lowest BCUT2D eigenvalue weighted by Crippen LogP contribution is -2.35. The molecular weight excluding hydrogens is 343 g/mol. The van der Waals surface area contributed by atoms with E-state index in [-0.39, 0.29) is 12.4 Å². The van der Waals surface area contributed by atoms with Crippen molar-refractivity contribution in [3.8, 4) is 5.88 Å². The second-order valence-electron chi connectivity index (χ2n) is 6.48. The zero-order valence-electron chi connectivity index (χ0n) is 14.4. The van der Waals surface area contributed by atoms with Crippen molar-refractivity contribution in [3.05, 3.63) is 53.7 Å². The third kappa shape index (κ3) is 4.66. The van der Waals surface area contributed by atoms with Crippen LogP contribution in [0.3, 0.4) is 0 Å². The summed E-state index contributed by atoms with van der Waals surface area (Å²) >= 11 is 0. The predicted molar refractivity (Wildman–Crippen MR) is 94.0 cm³/mol. The van der Waals surface area contributed by atoms with Gasteiger partial charge in [0.1, 0.15) is 5.69 Å². The Labute approximate surface area is 150 Å². The Bertz CT molecular complexity index is 714. The van der Waals surface area contributed by atoms with Crippen LogP contribution in [0.1, 0.15) is 24.1 Å². The average molecular weight is 365 g/mol. The van der Waals surface area contributed by atoms with E-state index in [1.165, 1.54) is 11.8 Å². The normalized spacial score (nSPS) is 15.9. The number of nitrogens with two attached hydrogens (primary N) is 1. The van der Waals surface area contributed by atoms with Gasteiger partial charge in [-0.3, -0.25) is 0 Å². The Hall–Kier alpha value is -2.28. The van der Waals surface area contributed by atoms with Crippen LogP contribution in [0.15, 0.2) is 42.5 Å². The fourth-order valence-electron chi connectivity index (χ4n) is 3.10. The molecule has 1 fully saturated rings. The van der Waals surface area contributed by atoms with Gasteiger partial charge in [-0.05, 0) is 42.5 Å². The zero-order chi connectivity index (χ0) is 18.6. The summed E-state index contributed by atoms with van der Waals surface area (Å²) in [6, 6.07) is 12.6. The highest BCUT2D eigenvalue weighted by Crippen LogP contribution is 2.30. The topological polar surface area (TPSA) is 51.4 Å². The first-order valence-corrected chi connectivity index (χ1v) is 8.66. The van der Waals surface area contributed by atoms with Crippen LogP contribution in [0.4, 0.5) is 18.9 Å². The lowest BCUT2D eigenvalue weighted by molar-refractivity contribution is -0.141. The zero-order valence-corrected chi connectivity index (χ0v) is 14.4. The number of para-hydroxylation sites is 1. The van der Waals surface area contributed by atoms with Crippen molar-refractivity contribution in [1.82, 2.24) is 4.98 Å². The highest BCUT2D eigenvalue weighted by molar-refractivity contribution is 5.46. The van der Waals surface area contributed by atoms with Crippen molar-refractivity contribution in [1.29, 1.82) is 0 Å². The lowest BCUT2D eigenvalue weighted by atomic mass is 9.97. The molecule has 0 bridgehead atoms. The van der Waals surface area contributed by atoms with Crippen molar-refractivity contribution in [2.45, 2.75) is 25.6 Å². The first-order valence-electron chi connectivity index (χ1n) is 8.66. The number of alkyl halides is 3. The number of ether oxygens (including phenoxy) is 1. The van der Waals surface area contributed by atoms with Gasteiger partial charge in [-0.1, -0.05) is 18.2 Å². The first kappa shape index (κ1) is 18.5. The van der Waals surface area contributed by atoms with E-state index in [1.54, 1.807) is 0 Å². The summed E-state index contributed by atoms with van der Waals surface area (Å²) in [5.74, 6) is 0.290. The largest absolute Gasteiger partial charge is 0.477 e. The van der Waals surface area contributed by atoms with Crippen molar-refractivity contribution in [3.63, 3.8) is 0 Å². The molecule has 2 aromatic rings. The number of benzene rings is 1. The Morgan fingerprint density at radius 3 is 2.42 bits per heavy atom. The summed E-state index contributed by atoms with van der Waals surface area (Å²) in [4.78, 5) is 5.90. The van der Waals surface area contributed by atoms with Crippen molar-refractivity contribution < 1.29 is 17.9 Å². The Kier molecular flexibility index (Phi) is 5.66. The van der Waals surface area contributed by atoms with Gasteiger partial charge in [0, 0.05) is 31.4 Å². The third-order valence-electron chi connectivity index (χ3n) is 4.59. The second kappa shape index (κ2) is 7.95. The molecule has 0 spiro atoms. The summed E-state index contributed by atoms with van der Waals surface area (Å²) in [5, 5.41) is 0. The van der Waals surface area contributed by atoms with E-state index in [1.807, 2.05) is 18.2 Å². The van der Waals surface area contributed by atoms with E-state index in [0.717, 1.165) is 32.0 Å². The molecule has 26 heavy (non-hydrogen) atoms. The molecule has 1 aromatic heterocycles. The molecule has 0 amide bonds. The Balaban J connectivity index is 1.57. The van der Waals surface area contributed by atoms with E-state index in [9.17, 15) is 13.2 Å². The van der Waals surface area contributed by atoms with Gasteiger partial charge in [0.05, 0.1) is 6.61 Å². The molecule has 1 aromatic carbocycles. The Morgan fingerprint density at radius 1 is 1.12 bits per heavy atom. The maximum Gasteiger partial charge on any atom is 0.433 e. The SMILES string of the molecule is NCc1cc(OCC2CCN(c3ccccc3)CC2)nc(C(F)(F)F)c1. The van der Waals surface area contributed by atoms with Gasteiger partial charge in [0.2, 0.25) is 5.88 Å². The van der Waals surface area contributed by atoms with Gasteiger partial charge in [0.15, 0.2) is 0 Å². The molecule has 3 rings (SSSR count). The molecule has 0 radical (unpaired) electrons. The smallest absolute Gasteiger partial charge is 0.433 e. The standard InChI is InChI=1S/C19H22F3N3O/c20-19(21,22)17-10-15(12-23)11-18(24-17)26-13-14-6-8-25(9-7-14)16-4-2-1-3-5-16/h1-5,10-11,14H,6-9,12-13,23H2. The molecule has 1 saturated heterocycles. The molecule has 0 unspecified atom stereocenters. The summed E-state index contributed by atoms with van der Waals surface area (Å²) in [6.07, 6.45) is -2.65.